The summed E-state index contributed by atoms with van der Waals surface area (Å²) in [6.45, 7) is 2.03. The van der Waals surface area contributed by atoms with Gasteiger partial charge in [-0.3, -0.25) is 4.98 Å². The first-order chi connectivity index (χ1) is 9.11. The fraction of sp³-hybridized carbons (Fsp3) is 0.267. The first kappa shape index (κ1) is 14.0. The Morgan fingerprint density at radius 2 is 2.16 bits per heavy atom. The lowest BCUT2D eigenvalue weighted by molar-refractivity contribution is 0.578. The van der Waals surface area contributed by atoms with Gasteiger partial charge in [-0.15, -0.1) is 0 Å². The third-order valence-electron chi connectivity index (χ3n) is 3.21. The molecule has 2 aromatic rings. The standard InChI is InChI=1S/C15H16ClFN2/c1-10-4-3-7-19-14(10)9-15(18-2)11-5-6-13(17)12(16)8-11/h3-8,15,18H,9H2,1-2H3. The predicted molar refractivity (Wildman–Crippen MR) is 75.9 cm³/mol. The third kappa shape index (κ3) is 3.31. The molecule has 0 radical (unpaired) electrons. The van der Waals surface area contributed by atoms with Gasteiger partial charge in [0.25, 0.3) is 0 Å². The number of benzene rings is 1. The maximum atomic E-state index is 13.2. The van der Waals surface area contributed by atoms with Crippen molar-refractivity contribution in [2.24, 2.45) is 0 Å². The molecule has 0 saturated heterocycles. The Balaban J connectivity index is 2.25. The van der Waals surface area contributed by atoms with E-state index in [1.54, 1.807) is 18.3 Å². The Kier molecular flexibility index (Phi) is 4.51. The molecule has 2 rings (SSSR count). The van der Waals surface area contributed by atoms with Crippen LogP contribution < -0.4 is 5.32 Å². The molecule has 4 heteroatoms. The summed E-state index contributed by atoms with van der Waals surface area (Å²) < 4.78 is 13.2. The molecule has 1 atom stereocenters. The Hall–Kier alpha value is -1.45. The maximum Gasteiger partial charge on any atom is 0.141 e. The van der Waals surface area contributed by atoms with Gasteiger partial charge < -0.3 is 5.32 Å². The number of aromatic nitrogens is 1. The van der Waals surface area contributed by atoms with Crippen LogP contribution in [-0.2, 0) is 6.42 Å². The van der Waals surface area contributed by atoms with Crippen molar-refractivity contribution in [1.82, 2.24) is 10.3 Å². The molecular formula is C15H16ClFN2. The summed E-state index contributed by atoms with van der Waals surface area (Å²) >= 11 is 5.83. The van der Waals surface area contributed by atoms with Gasteiger partial charge >= 0.3 is 0 Å². The molecule has 0 fully saturated rings. The second-order valence-electron chi connectivity index (χ2n) is 4.49. The molecule has 0 aliphatic heterocycles. The molecule has 1 aromatic carbocycles. The van der Waals surface area contributed by atoms with Gasteiger partial charge in [0.2, 0.25) is 0 Å². The van der Waals surface area contributed by atoms with Gasteiger partial charge in [-0.05, 0) is 43.3 Å². The summed E-state index contributed by atoms with van der Waals surface area (Å²) in [6.07, 6.45) is 2.53. The maximum absolute atomic E-state index is 13.2. The van der Waals surface area contributed by atoms with E-state index < -0.39 is 5.82 Å². The molecule has 1 heterocycles. The summed E-state index contributed by atoms with van der Waals surface area (Å²) in [6, 6.07) is 8.82. The van der Waals surface area contributed by atoms with Crippen molar-refractivity contribution in [2.75, 3.05) is 7.05 Å². The van der Waals surface area contributed by atoms with Crippen LogP contribution in [0.2, 0.25) is 5.02 Å². The second-order valence-corrected chi connectivity index (χ2v) is 4.89. The molecule has 0 saturated carbocycles. The first-order valence-electron chi connectivity index (χ1n) is 6.14. The highest BCUT2D eigenvalue weighted by molar-refractivity contribution is 6.30. The largest absolute Gasteiger partial charge is 0.313 e. The van der Waals surface area contributed by atoms with Crippen LogP contribution in [-0.4, -0.2) is 12.0 Å². The van der Waals surface area contributed by atoms with Gasteiger partial charge in [0, 0.05) is 24.4 Å². The first-order valence-corrected chi connectivity index (χ1v) is 6.52. The zero-order chi connectivity index (χ0) is 13.8. The molecule has 19 heavy (non-hydrogen) atoms. The highest BCUT2D eigenvalue weighted by Crippen LogP contribution is 2.23. The summed E-state index contributed by atoms with van der Waals surface area (Å²) in [4.78, 5) is 4.38. The van der Waals surface area contributed by atoms with E-state index in [1.807, 2.05) is 26.1 Å². The number of pyridine rings is 1. The molecule has 2 nitrogen and oxygen atoms in total. The van der Waals surface area contributed by atoms with Crippen LogP contribution in [0.15, 0.2) is 36.5 Å². The minimum Gasteiger partial charge on any atom is -0.313 e. The van der Waals surface area contributed by atoms with Crippen molar-refractivity contribution in [1.29, 1.82) is 0 Å². The van der Waals surface area contributed by atoms with Gasteiger partial charge in [-0.25, -0.2) is 4.39 Å². The van der Waals surface area contributed by atoms with Crippen LogP contribution in [0.1, 0.15) is 22.9 Å². The van der Waals surface area contributed by atoms with Crippen LogP contribution in [0.25, 0.3) is 0 Å². The van der Waals surface area contributed by atoms with Crippen molar-refractivity contribution < 1.29 is 4.39 Å². The molecule has 0 spiro atoms. The quantitative estimate of drug-likeness (QED) is 0.923. The van der Waals surface area contributed by atoms with Crippen molar-refractivity contribution in [3.05, 3.63) is 64.2 Å². The Labute approximate surface area is 117 Å². The van der Waals surface area contributed by atoms with Gasteiger partial charge in [-0.1, -0.05) is 23.7 Å². The fourth-order valence-corrected chi connectivity index (χ4v) is 2.23. The van der Waals surface area contributed by atoms with E-state index in [-0.39, 0.29) is 11.1 Å². The Morgan fingerprint density at radius 3 is 2.79 bits per heavy atom. The SMILES string of the molecule is CNC(Cc1ncccc1C)c1ccc(F)c(Cl)c1. The highest BCUT2D eigenvalue weighted by Gasteiger charge is 2.13. The number of likely N-dealkylation sites (N-methyl/N-ethyl adjacent to an activating group) is 1. The number of nitrogens with one attached hydrogen (secondary N) is 1. The third-order valence-corrected chi connectivity index (χ3v) is 3.50. The summed E-state index contributed by atoms with van der Waals surface area (Å²) in [7, 11) is 1.88. The molecule has 0 amide bonds. The zero-order valence-corrected chi connectivity index (χ0v) is 11.7. The summed E-state index contributed by atoms with van der Waals surface area (Å²) in [5.74, 6) is -0.394. The van der Waals surface area contributed by atoms with Gasteiger partial charge in [0.1, 0.15) is 5.82 Å². The van der Waals surface area contributed by atoms with E-state index in [0.717, 1.165) is 23.2 Å². The topological polar surface area (TPSA) is 24.9 Å². The van der Waals surface area contributed by atoms with Crippen LogP contribution >= 0.6 is 11.6 Å². The summed E-state index contributed by atoms with van der Waals surface area (Å²) in [5.41, 5.74) is 3.14. The van der Waals surface area contributed by atoms with Crippen LogP contribution in [0.4, 0.5) is 4.39 Å². The number of aryl methyl sites for hydroxylation is 1. The fourth-order valence-electron chi connectivity index (χ4n) is 2.04. The lowest BCUT2D eigenvalue weighted by Gasteiger charge is -2.17. The van der Waals surface area contributed by atoms with Crippen molar-refractivity contribution in [3.63, 3.8) is 0 Å². The lowest BCUT2D eigenvalue weighted by atomic mass is 10.00. The van der Waals surface area contributed by atoms with E-state index in [4.69, 9.17) is 11.6 Å². The van der Waals surface area contributed by atoms with Gasteiger partial charge in [-0.2, -0.15) is 0 Å². The van der Waals surface area contributed by atoms with E-state index in [1.165, 1.54) is 6.07 Å². The minimum absolute atomic E-state index is 0.0618. The normalized spacial score (nSPS) is 12.4. The number of hydrogen-bond donors (Lipinski definition) is 1. The van der Waals surface area contributed by atoms with E-state index >= 15 is 0 Å². The van der Waals surface area contributed by atoms with E-state index in [9.17, 15) is 4.39 Å². The Bertz CT molecular complexity index is 572. The predicted octanol–water partition coefficient (Wildman–Crippen LogP) is 3.69. The highest BCUT2D eigenvalue weighted by atomic mass is 35.5. The lowest BCUT2D eigenvalue weighted by Crippen LogP contribution is -2.20. The number of nitrogens with zero attached hydrogens (tertiary/aromatic N) is 1. The molecule has 100 valence electrons. The number of halogens is 2. The van der Waals surface area contributed by atoms with Gasteiger partial charge in [0.15, 0.2) is 0 Å². The minimum atomic E-state index is -0.394. The molecule has 1 aromatic heterocycles. The molecule has 0 aliphatic rings. The molecule has 1 unspecified atom stereocenters. The second kappa shape index (κ2) is 6.13. The zero-order valence-electron chi connectivity index (χ0n) is 11.0. The van der Waals surface area contributed by atoms with Crippen molar-refractivity contribution in [2.45, 2.75) is 19.4 Å². The molecular weight excluding hydrogens is 263 g/mol. The van der Waals surface area contributed by atoms with E-state index in [0.29, 0.717) is 0 Å². The van der Waals surface area contributed by atoms with Crippen LogP contribution in [0, 0.1) is 12.7 Å². The molecule has 0 bridgehead atoms. The van der Waals surface area contributed by atoms with Crippen LogP contribution in [0.5, 0.6) is 0 Å². The van der Waals surface area contributed by atoms with Gasteiger partial charge in [0.05, 0.1) is 5.02 Å². The Morgan fingerprint density at radius 1 is 1.37 bits per heavy atom. The smallest absolute Gasteiger partial charge is 0.141 e. The van der Waals surface area contributed by atoms with Crippen molar-refractivity contribution >= 4 is 11.6 Å². The monoisotopic (exact) mass is 278 g/mol. The average molecular weight is 279 g/mol. The number of rotatable bonds is 4. The van der Waals surface area contributed by atoms with E-state index in [2.05, 4.69) is 10.3 Å². The number of hydrogen-bond acceptors (Lipinski definition) is 2. The summed E-state index contributed by atoms with van der Waals surface area (Å²) in [5, 5.41) is 3.37. The van der Waals surface area contributed by atoms with Crippen LogP contribution in [0.3, 0.4) is 0 Å². The van der Waals surface area contributed by atoms with Crippen molar-refractivity contribution in [3.8, 4) is 0 Å². The molecule has 0 aliphatic carbocycles. The molecule has 1 N–H and O–H groups in total. The average Bonchev–Trinajstić information content (AvgIpc) is 2.41.